The van der Waals surface area contributed by atoms with Crippen LogP contribution in [0.15, 0.2) is 113 Å². The minimum atomic E-state index is -0.359. The van der Waals surface area contributed by atoms with E-state index in [2.05, 4.69) is 20.0 Å². The second-order valence-electron chi connectivity index (χ2n) is 13.4. The second-order valence-corrected chi connectivity index (χ2v) is 13.4. The van der Waals surface area contributed by atoms with Gasteiger partial charge in [0.25, 0.3) is 0 Å². The third kappa shape index (κ3) is 8.04. The Labute approximate surface area is 306 Å². The number of nitrogens with two attached hydrogens (primary N) is 2. The summed E-state index contributed by atoms with van der Waals surface area (Å²) in [5.41, 5.74) is 20.1. The molecule has 0 saturated carbocycles. The fourth-order valence-corrected chi connectivity index (χ4v) is 5.91. The first-order valence-corrected chi connectivity index (χ1v) is 17.5. The molecular formula is C42H41FN8O2. The van der Waals surface area contributed by atoms with Crippen LogP contribution in [0.5, 0.6) is 11.5 Å². The van der Waals surface area contributed by atoms with Gasteiger partial charge in [-0.05, 0) is 113 Å². The van der Waals surface area contributed by atoms with Gasteiger partial charge >= 0.3 is 0 Å². The van der Waals surface area contributed by atoms with E-state index < -0.39 is 0 Å². The summed E-state index contributed by atoms with van der Waals surface area (Å²) in [6.07, 6.45) is 0. The number of ether oxygens (including phenoxy) is 2. The number of aliphatic imine (C=N–C) groups is 2. The highest BCUT2D eigenvalue weighted by atomic mass is 19.1. The van der Waals surface area contributed by atoms with Gasteiger partial charge in [0.1, 0.15) is 53.9 Å². The van der Waals surface area contributed by atoms with Crippen LogP contribution >= 0.6 is 0 Å². The third-order valence-corrected chi connectivity index (χ3v) is 8.55. The molecule has 268 valence electrons. The van der Waals surface area contributed by atoms with Crippen LogP contribution in [0.2, 0.25) is 0 Å². The number of hydrogen-bond acceptors (Lipinski definition) is 6. The Balaban J connectivity index is 0.958. The summed E-state index contributed by atoms with van der Waals surface area (Å²) < 4.78 is 27.4. The molecule has 7 rings (SSSR count). The Morgan fingerprint density at radius 1 is 0.623 bits per heavy atom. The molecule has 0 bridgehead atoms. The lowest BCUT2D eigenvalue weighted by Crippen LogP contribution is -2.15. The number of imidazole rings is 2. The van der Waals surface area contributed by atoms with Crippen LogP contribution in [0.1, 0.15) is 49.9 Å². The summed E-state index contributed by atoms with van der Waals surface area (Å²) in [5, 5.41) is 0. The normalized spacial score (nSPS) is 12.4. The third-order valence-electron chi connectivity index (χ3n) is 8.55. The van der Waals surface area contributed by atoms with E-state index in [1.54, 1.807) is 18.2 Å². The number of amidine groups is 2. The SMILES string of the molecule is CC(C)N=C(N)c1ccc2nc(-c3ccc(OCc4cccc(COc5ccc(-c6nc7ccc(C(N)=NC(C)C)cc7[nH]6)cc5)c4F)cc3)[nH]c2c1. The highest BCUT2D eigenvalue weighted by Crippen LogP contribution is 2.27. The van der Waals surface area contributed by atoms with Crippen molar-refractivity contribution >= 4 is 33.7 Å². The summed E-state index contributed by atoms with van der Waals surface area (Å²) in [7, 11) is 0. The van der Waals surface area contributed by atoms with Gasteiger partial charge in [0.15, 0.2) is 0 Å². The number of nitrogens with zero attached hydrogens (tertiary/aromatic N) is 4. The molecule has 0 amide bonds. The molecule has 0 radical (unpaired) electrons. The molecule has 0 saturated heterocycles. The van der Waals surface area contributed by atoms with Gasteiger partial charge in [0, 0.05) is 45.5 Å². The molecule has 0 spiro atoms. The molecule has 6 N–H and O–H groups in total. The molecule has 0 aliphatic carbocycles. The zero-order chi connectivity index (χ0) is 37.1. The van der Waals surface area contributed by atoms with Crippen molar-refractivity contribution in [3.63, 3.8) is 0 Å². The number of hydrogen-bond donors (Lipinski definition) is 4. The maximum Gasteiger partial charge on any atom is 0.138 e. The van der Waals surface area contributed by atoms with Crippen LogP contribution in [0, 0.1) is 5.82 Å². The molecule has 10 nitrogen and oxygen atoms in total. The van der Waals surface area contributed by atoms with Gasteiger partial charge in [-0.1, -0.05) is 18.2 Å². The minimum absolute atomic E-state index is 0.0661. The van der Waals surface area contributed by atoms with Crippen molar-refractivity contribution in [1.82, 2.24) is 19.9 Å². The second kappa shape index (κ2) is 15.0. The monoisotopic (exact) mass is 708 g/mol. The lowest BCUT2D eigenvalue weighted by atomic mass is 10.1. The number of aromatic amines is 2. The molecule has 0 unspecified atom stereocenters. The quantitative estimate of drug-likeness (QED) is 0.0740. The molecule has 0 fully saturated rings. The molecule has 5 aromatic carbocycles. The number of aromatic nitrogens is 4. The van der Waals surface area contributed by atoms with Crippen molar-refractivity contribution < 1.29 is 13.9 Å². The zero-order valence-corrected chi connectivity index (χ0v) is 30.0. The van der Waals surface area contributed by atoms with Crippen LogP contribution in [0.25, 0.3) is 44.8 Å². The Bertz CT molecular complexity index is 2280. The largest absolute Gasteiger partial charge is 0.489 e. The minimum Gasteiger partial charge on any atom is -0.489 e. The fraction of sp³-hybridized carbons (Fsp3) is 0.190. The molecule has 7 aromatic rings. The molecule has 0 atom stereocenters. The van der Waals surface area contributed by atoms with E-state index in [9.17, 15) is 0 Å². The number of rotatable bonds is 12. The number of H-pyrrole nitrogens is 2. The first kappa shape index (κ1) is 34.9. The van der Waals surface area contributed by atoms with Crippen molar-refractivity contribution in [3.05, 3.63) is 131 Å². The van der Waals surface area contributed by atoms with Crippen molar-refractivity contribution in [2.45, 2.75) is 53.0 Å². The predicted octanol–water partition coefficient (Wildman–Crippen LogP) is 8.30. The Morgan fingerprint density at radius 3 is 1.43 bits per heavy atom. The van der Waals surface area contributed by atoms with Crippen LogP contribution < -0.4 is 20.9 Å². The van der Waals surface area contributed by atoms with E-state index in [-0.39, 0.29) is 31.1 Å². The topological polar surface area (TPSA) is 153 Å². The number of fused-ring (bicyclic) bond motifs is 2. The summed E-state index contributed by atoms with van der Waals surface area (Å²) in [6, 6.07) is 32.1. The van der Waals surface area contributed by atoms with Gasteiger partial charge in [-0.2, -0.15) is 0 Å². The maximum absolute atomic E-state index is 15.5. The predicted molar refractivity (Wildman–Crippen MR) is 210 cm³/mol. The summed E-state index contributed by atoms with van der Waals surface area (Å²) >= 11 is 0. The molecule has 53 heavy (non-hydrogen) atoms. The molecule has 0 aliphatic heterocycles. The van der Waals surface area contributed by atoms with Gasteiger partial charge in [-0.25, -0.2) is 14.4 Å². The van der Waals surface area contributed by atoms with Gasteiger partial charge in [0.2, 0.25) is 0 Å². The maximum atomic E-state index is 15.5. The van der Waals surface area contributed by atoms with E-state index in [0.29, 0.717) is 34.3 Å². The van der Waals surface area contributed by atoms with Gasteiger partial charge in [0.05, 0.1) is 22.1 Å². The highest BCUT2D eigenvalue weighted by Gasteiger charge is 2.13. The molecular weight excluding hydrogens is 668 g/mol. The lowest BCUT2D eigenvalue weighted by molar-refractivity contribution is 0.287. The highest BCUT2D eigenvalue weighted by molar-refractivity contribution is 6.01. The van der Waals surface area contributed by atoms with E-state index in [1.165, 1.54) is 0 Å². The van der Waals surface area contributed by atoms with Crippen LogP contribution in [0.4, 0.5) is 4.39 Å². The first-order valence-electron chi connectivity index (χ1n) is 17.5. The molecule has 2 heterocycles. The van der Waals surface area contributed by atoms with Crippen molar-refractivity contribution in [3.8, 4) is 34.3 Å². The number of halogens is 1. The average Bonchev–Trinajstić information content (AvgIpc) is 3.78. The Morgan fingerprint density at radius 2 is 1.04 bits per heavy atom. The summed E-state index contributed by atoms with van der Waals surface area (Å²) in [6.45, 7) is 8.08. The first-order chi connectivity index (χ1) is 25.6. The smallest absolute Gasteiger partial charge is 0.138 e. The van der Waals surface area contributed by atoms with E-state index in [1.807, 2.05) is 113 Å². The zero-order valence-electron chi connectivity index (χ0n) is 30.0. The van der Waals surface area contributed by atoms with Gasteiger partial charge in [-0.15, -0.1) is 0 Å². The lowest BCUT2D eigenvalue weighted by Gasteiger charge is -2.12. The van der Waals surface area contributed by atoms with Crippen molar-refractivity contribution in [1.29, 1.82) is 0 Å². The van der Waals surface area contributed by atoms with Gasteiger partial charge < -0.3 is 30.9 Å². The summed E-state index contributed by atoms with van der Waals surface area (Å²) in [5.74, 6) is 3.30. The molecule has 2 aromatic heterocycles. The Hall–Kier alpha value is -6.49. The van der Waals surface area contributed by atoms with E-state index in [0.717, 1.165) is 56.0 Å². The Kier molecular flexibility index (Phi) is 9.89. The number of nitrogens with one attached hydrogen (secondary N) is 2. The van der Waals surface area contributed by atoms with Crippen LogP contribution in [0.3, 0.4) is 0 Å². The van der Waals surface area contributed by atoms with Crippen molar-refractivity contribution in [2.24, 2.45) is 21.5 Å². The molecule has 11 heteroatoms. The van der Waals surface area contributed by atoms with Crippen LogP contribution in [-0.4, -0.2) is 43.7 Å². The van der Waals surface area contributed by atoms with E-state index in [4.69, 9.17) is 30.9 Å². The van der Waals surface area contributed by atoms with Crippen molar-refractivity contribution in [2.75, 3.05) is 0 Å². The standard InChI is InChI=1S/C42H41FN8O2/c1-24(2)46-39(44)28-12-18-34-36(20-28)50-41(48-34)26-8-14-32(15-9-26)52-22-30-6-5-7-31(38(30)43)23-53-33-16-10-27(11-17-33)42-49-35-19-13-29(21-37(35)51-42)40(45)47-25(3)4/h5-21,24-25H,22-23H2,1-4H3,(H2,44,46)(H2,45,47)(H,48,50)(H,49,51). The summed E-state index contributed by atoms with van der Waals surface area (Å²) in [4.78, 5) is 25.0. The van der Waals surface area contributed by atoms with Gasteiger partial charge in [-0.3, -0.25) is 9.98 Å². The fourth-order valence-electron chi connectivity index (χ4n) is 5.91. The van der Waals surface area contributed by atoms with E-state index >= 15 is 4.39 Å². The number of benzene rings is 5. The van der Waals surface area contributed by atoms with Crippen LogP contribution in [-0.2, 0) is 13.2 Å². The average molecular weight is 709 g/mol. The molecule has 0 aliphatic rings.